The van der Waals surface area contributed by atoms with Gasteiger partial charge in [-0.3, -0.25) is 19.4 Å². The normalized spacial score (nSPS) is 20.5. The summed E-state index contributed by atoms with van der Waals surface area (Å²) in [7, 11) is 2.00. The predicted molar refractivity (Wildman–Crippen MR) is 109 cm³/mol. The van der Waals surface area contributed by atoms with Crippen LogP contribution in [0.5, 0.6) is 0 Å². The lowest BCUT2D eigenvalue weighted by molar-refractivity contribution is -0.122. The van der Waals surface area contributed by atoms with Gasteiger partial charge in [0, 0.05) is 57.1 Å². The Morgan fingerprint density at radius 1 is 1.29 bits per heavy atom. The van der Waals surface area contributed by atoms with Crippen LogP contribution in [0.4, 0.5) is 0 Å². The highest BCUT2D eigenvalue weighted by Crippen LogP contribution is 2.22. The molecular formula is C22H29N5O. The van der Waals surface area contributed by atoms with Crippen molar-refractivity contribution in [3.63, 3.8) is 0 Å². The van der Waals surface area contributed by atoms with E-state index in [1.54, 1.807) is 6.20 Å². The molecule has 6 heteroatoms. The molecule has 0 bridgehead atoms. The molecule has 2 aromatic heterocycles. The average Bonchev–Trinajstić information content (AvgIpc) is 3.34. The lowest BCUT2D eigenvalue weighted by atomic mass is 10.0. The van der Waals surface area contributed by atoms with Crippen LogP contribution in [0, 0.1) is 5.92 Å². The van der Waals surface area contributed by atoms with Crippen molar-refractivity contribution in [3.05, 3.63) is 48.4 Å². The van der Waals surface area contributed by atoms with Gasteiger partial charge in [-0.2, -0.15) is 5.10 Å². The van der Waals surface area contributed by atoms with E-state index in [0.29, 0.717) is 18.4 Å². The van der Waals surface area contributed by atoms with Crippen LogP contribution in [0.25, 0.3) is 11.3 Å². The molecule has 3 heterocycles. The summed E-state index contributed by atoms with van der Waals surface area (Å²) in [6, 6.07) is 6.44. The Morgan fingerprint density at radius 3 is 2.86 bits per heavy atom. The smallest absolute Gasteiger partial charge is 0.220 e. The van der Waals surface area contributed by atoms with Crippen LogP contribution in [0.1, 0.15) is 37.8 Å². The van der Waals surface area contributed by atoms with Crippen LogP contribution in [0.15, 0.2) is 42.7 Å². The van der Waals surface area contributed by atoms with E-state index in [9.17, 15) is 4.79 Å². The summed E-state index contributed by atoms with van der Waals surface area (Å²) in [6.45, 7) is 2.89. The quantitative estimate of drug-likeness (QED) is 0.784. The molecule has 2 aliphatic rings. The third kappa shape index (κ3) is 4.68. The Balaban J connectivity index is 1.26. The first kappa shape index (κ1) is 18.9. The number of rotatable bonds is 6. The van der Waals surface area contributed by atoms with Crippen LogP contribution in [-0.2, 0) is 18.4 Å². The largest absolute Gasteiger partial charge is 0.353 e. The molecule has 28 heavy (non-hydrogen) atoms. The molecule has 1 unspecified atom stereocenters. The number of aromatic nitrogens is 3. The maximum absolute atomic E-state index is 12.2. The van der Waals surface area contributed by atoms with Crippen molar-refractivity contribution in [2.45, 2.75) is 44.7 Å². The summed E-state index contributed by atoms with van der Waals surface area (Å²) in [4.78, 5) is 18.9. The molecule has 1 aliphatic heterocycles. The second kappa shape index (κ2) is 8.69. The van der Waals surface area contributed by atoms with E-state index < -0.39 is 0 Å². The van der Waals surface area contributed by atoms with Gasteiger partial charge in [-0.1, -0.05) is 12.2 Å². The third-order valence-electron chi connectivity index (χ3n) is 5.83. The summed E-state index contributed by atoms with van der Waals surface area (Å²) >= 11 is 0. The highest BCUT2D eigenvalue weighted by molar-refractivity contribution is 5.76. The van der Waals surface area contributed by atoms with Crippen molar-refractivity contribution in [2.75, 3.05) is 13.1 Å². The third-order valence-corrected chi connectivity index (χ3v) is 5.83. The van der Waals surface area contributed by atoms with Crippen LogP contribution in [0.2, 0.25) is 0 Å². The number of allylic oxidation sites excluding steroid dienone is 2. The summed E-state index contributed by atoms with van der Waals surface area (Å²) in [5, 5.41) is 7.88. The Hall–Kier alpha value is -2.47. The van der Waals surface area contributed by atoms with E-state index in [0.717, 1.165) is 56.6 Å². The van der Waals surface area contributed by atoms with Gasteiger partial charge in [0.1, 0.15) is 0 Å². The second-order valence-corrected chi connectivity index (χ2v) is 7.97. The number of hydrogen-bond donors (Lipinski definition) is 1. The van der Waals surface area contributed by atoms with Crippen molar-refractivity contribution in [1.82, 2.24) is 25.0 Å². The lowest BCUT2D eigenvalue weighted by Crippen LogP contribution is -2.44. The fraction of sp³-hybridized carbons (Fsp3) is 0.500. The Labute approximate surface area is 166 Å². The molecule has 1 aliphatic carbocycles. The van der Waals surface area contributed by atoms with Gasteiger partial charge in [0.25, 0.3) is 0 Å². The van der Waals surface area contributed by atoms with Crippen LogP contribution >= 0.6 is 0 Å². The number of pyridine rings is 1. The van der Waals surface area contributed by atoms with Crippen molar-refractivity contribution in [2.24, 2.45) is 13.0 Å². The molecule has 148 valence electrons. The molecule has 0 aromatic carbocycles. The van der Waals surface area contributed by atoms with Crippen molar-refractivity contribution >= 4 is 5.91 Å². The highest BCUT2D eigenvalue weighted by atomic mass is 16.1. The predicted octanol–water partition coefficient (Wildman–Crippen LogP) is 2.92. The van der Waals surface area contributed by atoms with Gasteiger partial charge in [0.2, 0.25) is 5.91 Å². The number of aryl methyl sites for hydroxylation is 1. The molecule has 0 radical (unpaired) electrons. The maximum atomic E-state index is 12.2. The Bertz CT molecular complexity index is 821. The molecule has 4 rings (SSSR count). The van der Waals surface area contributed by atoms with Gasteiger partial charge in [0.05, 0.1) is 11.4 Å². The molecule has 0 spiro atoms. The number of carbonyl (C=O) groups is 1. The van der Waals surface area contributed by atoms with Gasteiger partial charge in [-0.05, 0) is 49.8 Å². The average molecular weight is 380 g/mol. The monoisotopic (exact) mass is 379 g/mol. The minimum atomic E-state index is 0.211. The number of piperidine rings is 1. The van der Waals surface area contributed by atoms with E-state index in [1.807, 2.05) is 30.1 Å². The fourth-order valence-corrected chi connectivity index (χ4v) is 4.16. The standard InChI is InChI=1S/C22H29N5O/c1-26-20(14-21(25-26)18-7-4-10-23-15-18)16-27-11-8-19(9-12-27)24-22(28)13-17-5-2-3-6-17/h2,4-5,7,10,14-15,17,19H,3,6,8-9,11-13,16H2,1H3,(H,24,28). The van der Waals surface area contributed by atoms with E-state index in [1.165, 1.54) is 5.69 Å². The number of amides is 1. The zero-order chi connectivity index (χ0) is 19.3. The maximum Gasteiger partial charge on any atom is 0.220 e. The van der Waals surface area contributed by atoms with E-state index in [-0.39, 0.29) is 5.91 Å². The van der Waals surface area contributed by atoms with Crippen LogP contribution < -0.4 is 5.32 Å². The molecule has 0 saturated carbocycles. The SMILES string of the molecule is Cn1nc(-c2cccnc2)cc1CN1CCC(NC(=O)CC2C=CCC2)CC1. The zero-order valence-corrected chi connectivity index (χ0v) is 16.6. The van der Waals surface area contributed by atoms with Crippen LogP contribution in [-0.4, -0.2) is 44.7 Å². The molecule has 1 amide bonds. The van der Waals surface area contributed by atoms with Gasteiger partial charge in [-0.25, -0.2) is 0 Å². The van der Waals surface area contributed by atoms with E-state index >= 15 is 0 Å². The molecule has 6 nitrogen and oxygen atoms in total. The summed E-state index contributed by atoms with van der Waals surface area (Å²) in [6.07, 6.45) is 12.9. The lowest BCUT2D eigenvalue weighted by Gasteiger charge is -2.32. The first-order valence-electron chi connectivity index (χ1n) is 10.3. The minimum Gasteiger partial charge on any atom is -0.353 e. The van der Waals surface area contributed by atoms with Gasteiger partial charge in [-0.15, -0.1) is 0 Å². The zero-order valence-electron chi connectivity index (χ0n) is 16.6. The topological polar surface area (TPSA) is 63.1 Å². The minimum absolute atomic E-state index is 0.211. The molecule has 1 fully saturated rings. The number of carbonyl (C=O) groups excluding carboxylic acids is 1. The summed E-state index contributed by atoms with van der Waals surface area (Å²) in [5.74, 6) is 0.654. The first-order valence-corrected chi connectivity index (χ1v) is 10.3. The van der Waals surface area contributed by atoms with Gasteiger partial charge < -0.3 is 5.32 Å². The molecular weight excluding hydrogens is 350 g/mol. The van der Waals surface area contributed by atoms with Crippen LogP contribution in [0.3, 0.4) is 0 Å². The number of hydrogen-bond acceptors (Lipinski definition) is 4. The van der Waals surface area contributed by atoms with Gasteiger partial charge >= 0.3 is 0 Å². The Kier molecular flexibility index (Phi) is 5.86. The number of likely N-dealkylation sites (tertiary alicyclic amines) is 1. The summed E-state index contributed by atoms with van der Waals surface area (Å²) < 4.78 is 1.96. The van der Waals surface area contributed by atoms with Gasteiger partial charge in [0.15, 0.2) is 0 Å². The molecule has 1 N–H and O–H groups in total. The second-order valence-electron chi connectivity index (χ2n) is 7.97. The summed E-state index contributed by atoms with van der Waals surface area (Å²) in [5.41, 5.74) is 3.21. The highest BCUT2D eigenvalue weighted by Gasteiger charge is 2.23. The van der Waals surface area contributed by atoms with Crippen molar-refractivity contribution < 1.29 is 4.79 Å². The number of nitrogens with one attached hydrogen (secondary N) is 1. The number of nitrogens with zero attached hydrogens (tertiary/aromatic N) is 4. The van der Waals surface area contributed by atoms with E-state index in [2.05, 4.69) is 38.5 Å². The van der Waals surface area contributed by atoms with Crippen molar-refractivity contribution in [1.29, 1.82) is 0 Å². The van der Waals surface area contributed by atoms with E-state index in [4.69, 9.17) is 0 Å². The van der Waals surface area contributed by atoms with Crippen molar-refractivity contribution in [3.8, 4) is 11.3 Å². The molecule has 1 atom stereocenters. The molecule has 2 aromatic rings. The molecule has 1 saturated heterocycles. The Morgan fingerprint density at radius 2 is 2.14 bits per heavy atom. The fourth-order valence-electron chi connectivity index (χ4n) is 4.16. The first-order chi connectivity index (χ1) is 13.7.